The van der Waals surface area contributed by atoms with E-state index in [1.54, 1.807) is 16.7 Å². The van der Waals surface area contributed by atoms with Crippen molar-refractivity contribution in [3.05, 3.63) is 70.2 Å². The number of rotatable bonds is 9. The lowest BCUT2D eigenvalue weighted by atomic mass is 9.95. The molecular formula is C25H31BrN2O2S. The van der Waals surface area contributed by atoms with E-state index in [0.717, 1.165) is 41.5 Å². The van der Waals surface area contributed by atoms with Crippen LogP contribution in [0.1, 0.15) is 50.2 Å². The molecule has 0 heterocycles. The summed E-state index contributed by atoms with van der Waals surface area (Å²) < 4.78 is 0.968. The second kappa shape index (κ2) is 12.3. The van der Waals surface area contributed by atoms with Gasteiger partial charge >= 0.3 is 0 Å². The van der Waals surface area contributed by atoms with Gasteiger partial charge in [0.2, 0.25) is 11.8 Å². The number of halogens is 1. The number of hydrogen-bond donors (Lipinski definition) is 1. The number of thioether (sulfide) groups is 1. The zero-order chi connectivity index (χ0) is 22.1. The summed E-state index contributed by atoms with van der Waals surface area (Å²) in [6.07, 6.45) is 5.64. The van der Waals surface area contributed by atoms with E-state index in [-0.39, 0.29) is 17.9 Å². The van der Waals surface area contributed by atoms with Crippen molar-refractivity contribution in [3.63, 3.8) is 0 Å². The van der Waals surface area contributed by atoms with Crippen molar-refractivity contribution in [3.8, 4) is 0 Å². The van der Waals surface area contributed by atoms with Crippen LogP contribution in [0.25, 0.3) is 0 Å². The third kappa shape index (κ3) is 7.69. The van der Waals surface area contributed by atoms with E-state index >= 15 is 0 Å². The summed E-state index contributed by atoms with van der Waals surface area (Å²) in [5.74, 6) is 1.07. The Hall–Kier alpha value is -1.79. The predicted molar refractivity (Wildman–Crippen MR) is 132 cm³/mol. The number of amides is 2. The summed E-state index contributed by atoms with van der Waals surface area (Å²) in [6, 6.07) is 17.8. The van der Waals surface area contributed by atoms with Crippen LogP contribution in [-0.4, -0.2) is 34.6 Å². The highest BCUT2D eigenvalue weighted by atomic mass is 79.9. The molecule has 1 fully saturated rings. The van der Waals surface area contributed by atoms with Crippen molar-refractivity contribution in [1.82, 2.24) is 10.2 Å². The first kappa shape index (κ1) is 23.9. The summed E-state index contributed by atoms with van der Waals surface area (Å²) >= 11 is 5.09. The second-order valence-corrected chi connectivity index (χ2v) is 10.1. The molecule has 0 radical (unpaired) electrons. The van der Waals surface area contributed by atoms with Gasteiger partial charge in [0.05, 0.1) is 5.75 Å². The summed E-state index contributed by atoms with van der Waals surface area (Å²) in [5, 5.41) is 3.18. The fourth-order valence-corrected chi connectivity index (χ4v) is 5.21. The second-order valence-electron chi connectivity index (χ2n) is 8.15. The third-order valence-corrected chi connectivity index (χ3v) is 7.18. The molecule has 1 atom stereocenters. The maximum Gasteiger partial charge on any atom is 0.242 e. The fourth-order valence-electron chi connectivity index (χ4n) is 3.90. The SMILES string of the molecule is C[C@H](C(=O)NC1CCCCC1)N(Cc1cccc(Br)c1)C(=O)CSCc1ccccc1. The Balaban J connectivity index is 1.65. The molecule has 2 amide bonds. The van der Waals surface area contributed by atoms with Crippen LogP contribution < -0.4 is 5.32 Å². The Morgan fingerprint density at radius 3 is 2.48 bits per heavy atom. The lowest BCUT2D eigenvalue weighted by Gasteiger charge is -2.31. The average Bonchev–Trinajstić information content (AvgIpc) is 2.78. The maximum atomic E-state index is 13.2. The molecule has 166 valence electrons. The Kier molecular flexibility index (Phi) is 9.47. The maximum absolute atomic E-state index is 13.2. The van der Waals surface area contributed by atoms with Gasteiger partial charge < -0.3 is 10.2 Å². The quantitative estimate of drug-likeness (QED) is 0.488. The van der Waals surface area contributed by atoms with Crippen LogP contribution in [0.3, 0.4) is 0 Å². The first-order chi connectivity index (χ1) is 15.0. The van der Waals surface area contributed by atoms with Crippen LogP contribution >= 0.6 is 27.7 Å². The van der Waals surface area contributed by atoms with E-state index in [9.17, 15) is 9.59 Å². The van der Waals surface area contributed by atoms with Crippen molar-refractivity contribution < 1.29 is 9.59 Å². The Morgan fingerprint density at radius 1 is 1.06 bits per heavy atom. The van der Waals surface area contributed by atoms with E-state index in [1.807, 2.05) is 49.4 Å². The Labute approximate surface area is 198 Å². The van der Waals surface area contributed by atoms with Gasteiger partial charge in [0.25, 0.3) is 0 Å². The molecule has 3 rings (SSSR count). The predicted octanol–water partition coefficient (Wildman–Crippen LogP) is 5.55. The van der Waals surface area contributed by atoms with Crippen molar-refractivity contribution in [2.24, 2.45) is 0 Å². The van der Waals surface area contributed by atoms with E-state index in [4.69, 9.17) is 0 Å². The standard InChI is InChI=1S/C25H31BrN2O2S/c1-19(25(30)27-23-13-6-3-7-14-23)28(16-21-11-8-12-22(26)15-21)24(29)18-31-17-20-9-4-2-5-10-20/h2,4-5,8-12,15,19,23H,3,6-7,13-14,16-18H2,1H3,(H,27,30)/t19-/m1/s1. The molecular weight excluding hydrogens is 472 g/mol. The normalized spacial score (nSPS) is 15.3. The van der Waals surface area contributed by atoms with Crippen LogP contribution in [0.2, 0.25) is 0 Å². The fraction of sp³-hybridized carbons (Fsp3) is 0.440. The molecule has 2 aromatic rings. The third-order valence-electron chi connectivity index (χ3n) is 5.70. The molecule has 0 saturated heterocycles. The molecule has 0 aromatic heterocycles. The van der Waals surface area contributed by atoms with Gasteiger partial charge in [-0.25, -0.2) is 0 Å². The minimum Gasteiger partial charge on any atom is -0.352 e. The van der Waals surface area contributed by atoms with Gasteiger partial charge in [-0.2, -0.15) is 0 Å². The molecule has 0 aliphatic heterocycles. The molecule has 1 aliphatic carbocycles. The van der Waals surface area contributed by atoms with Gasteiger partial charge in [-0.1, -0.05) is 77.7 Å². The summed E-state index contributed by atoms with van der Waals surface area (Å²) in [5.41, 5.74) is 2.20. The van der Waals surface area contributed by atoms with Crippen molar-refractivity contribution >= 4 is 39.5 Å². The average molecular weight is 504 g/mol. The first-order valence-electron chi connectivity index (χ1n) is 11.0. The highest BCUT2D eigenvalue weighted by Gasteiger charge is 2.28. The van der Waals surface area contributed by atoms with Gasteiger partial charge in [0.15, 0.2) is 0 Å². The van der Waals surface area contributed by atoms with E-state index in [2.05, 4.69) is 33.4 Å². The molecule has 31 heavy (non-hydrogen) atoms. The molecule has 2 aromatic carbocycles. The van der Waals surface area contributed by atoms with Crippen LogP contribution in [-0.2, 0) is 21.9 Å². The monoisotopic (exact) mass is 502 g/mol. The van der Waals surface area contributed by atoms with Crippen LogP contribution in [0.15, 0.2) is 59.1 Å². The van der Waals surface area contributed by atoms with Crippen LogP contribution in [0, 0.1) is 0 Å². The van der Waals surface area contributed by atoms with Crippen molar-refractivity contribution in [2.75, 3.05) is 5.75 Å². The van der Waals surface area contributed by atoms with Crippen molar-refractivity contribution in [2.45, 2.75) is 63.4 Å². The molecule has 6 heteroatoms. The summed E-state index contributed by atoms with van der Waals surface area (Å²) in [7, 11) is 0. The Morgan fingerprint density at radius 2 is 1.77 bits per heavy atom. The zero-order valence-electron chi connectivity index (χ0n) is 18.1. The van der Waals surface area contributed by atoms with E-state index < -0.39 is 6.04 Å². The lowest BCUT2D eigenvalue weighted by molar-refractivity contribution is -0.139. The minimum absolute atomic E-state index is 0.00722. The van der Waals surface area contributed by atoms with Gasteiger partial charge in [0.1, 0.15) is 6.04 Å². The minimum atomic E-state index is -0.509. The molecule has 1 aliphatic rings. The molecule has 0 spiro atoms. The molecule has 0 unspecified atom stereocenters. The smallest absolute Gasteiger partial charge is 0.242 e. The van der Waals surface area contributed by atoms with Gasteiger partial charge in [-0.15, -0.1) is 11.8 Å². The number of nitrogens with one attached hydrogen (secondary N) is 1. The topological polar surface area (TPSA) is 49.4 Å². The van der Waals surface area contributed by atoms with Crippen LogP contribution in [0.4, 0.5) is 0 Å². The van der Waals surface area contributed by atoms with E-state index in [1.165, 1.54) is 12.0 Å². The number of nitrogens with zero attached hydrogens (tertiary/aromatic N) is 1. The molecule has 1 saturated carbocycles. The summed E-state index contributed by atoms with van der Waals surface area (Å²) in [6.45, 7) is 2.26. The van der Waals surface area contributed by atoms with Gasteiger partial charge in [-0.05, 0) is 43.0 Å². The first-order valence-corrected chi connectivity index (χ1v) is 12.9. The molecule has 0 bridgehead atoms. The molecule has 4 nitrogen and oxygen atoms in total. The largest absolute Gasteiger partial charge is 0.352 e. The van der Waals surface area contributed by atoms with Gasteiger partial charge in [0, 0.05) is 22.8 Å². The number of carbonyl (C=O) groups excluding carboxylic acids is 2. The highest BCUT2D eigenvalue weighted by molar-refractivity contribution is 9.10. The zero-order valence-corrected chi connectivity index (χ0v) is 20.5. The lowest BCUT2D eigenvalue weighted by Crippen LogP contribution is -2.50. The Bertz CT molecular complexity index is 856. The van der Waals surface area contributed by atoms with Crippen LogP contribution in [0.5, 0.6) is 0 Å². The number of carbonyl (C=O) groups is 2. The van der Waals surface area contributed by atoms with Gasteiger partial charge in [-0.3, -0.25) is 9.59 Å². The van der Waals surface area contributed by atoms with Crippen molar-refractivity contribution in [1.29, 1.82) is 0 Å². The summed E-state index contributed by atoms with van der Waals surface area (Å²) in [4.78, 5) is 27.9. The molecule has 1 N–H and O–H groups in total. The number of benzene rings is 2. The number of hydrogen-bond acceptors (Lipinski definition) is 3. The highest BCUT2D eigenvalue weighted by Crippen LogP contribution is 2.20. The van der Waals surface area contributed by atoms with E-state index in [0.29, 0.717) is 12.3 Å².